The van der Waals surface area contributed by atoms with Crippen LogP contribution in [-0.2, 0) is 17.8 Å². The van der Waals surface area contributed by atoms with E-state index >= 15 is 0 Å². The fraction of sp³-hybridized carbons (Fsp3) is 0.519. The molecular formula is C27H38N8O5. The molecule has 3 heterocycles. The molecule has 0 spiro atoms. The van der Waals surface area contributed by atoms with Gasteiger partial charge in [0.15, 0.2) is 0 Å². The van der Waals surface area contributed by atoms with Crippen molar-refractivity contribution in [1.29, 1.82) is 0 Å². The Morgan fingerprint density at radius 1 is 1.23 bits per heavy atom. The van der Waals surface area contributed by atoms with Crippen LogP contribution < -0.4 is 21.1 Å². The highest BCUT2D eigenvalue weighted by molar-refractivity contribution is 6.04. The first-order valence-corrected chi connectivity index (χ1v) is 13.5. The van der Waals surface area contributed by atoms with E-state index in [2.05, 4.69) is 20.7 Å². The molecule has 0 bridgehead atoms. The van der Waals surface area contributed by atoms with E-state index in [4.69, 9.17) is 15.2 Å². The minimum Gasteiger partial charge on any atom is -0.494 e. The molecule has 3 aromatic rings. The Labute approximate surface area is 233 Å². The van der Waals surface area contributed by atoms with E-state index in [1.807, 2.05) is 18.4 Å². The number of nitrogens with zero attached hydrogens (tertiary/aromatic N) is 5. The molecule has 216 valence electrons. The highest BCUT2D eigenvalue weighted by Crippen LogP contribution is 2.31. The molecule has 13 nitrogen and oxygen atoms in total. The van der Waals surface area contributed by atoms with E-state index < -0.39 is 5.91 Å². The summed E-state index contributed by atoms with van der Waals surface area (Å²) in [4.78, 5) is 44.1. The van der Waals surface area contributed by atoms with Crippen molar-refractivity contribution >= 4 is 34.8 Å². The molecule has 4 rings (SSSR count). The third kappa shape index (κ3) is 6.53. The highest BCUT2D eigenvalue weighted by atomic mass is 16.5. The SMILES string of the molecule is CCn1nc(C)cc1C(=O)Nc1nc2cc(C(N)=O)cc(OC)c2n1CCCNC(=O)N(C)CC1CCOCC1. The average molecular weight is 555 g/mol. The Hall–Kier alpha value is -4.13. The maximum absolute atomic E-state index is 13.2. The summed E-state index contributed by atoms with van der Waals surface area (Å²) < 4.78 is 14.4. The number of primary amides is 1. The van der Waals surface area contributed by atoms with Gasteiger partial charge in [0.2, 0.25) is 11.9 Å². The summed E-state index contributed by atoms with van der Waals surface area (Å²) in [6, 6.07) is 4.70. The molecule has 0 unspecified atom stereocenters. The second-order valence-corrected chi connectivity index (χ2v) is 9.96. The summed E-state index contributed by atoms with van der Waals surface area (Å²) in [7, 11) is 3.29. The van der Waals surface area contributed by atoms with E-state index in [1.165, 1.54) is 7.11 Å². The predicted molar refractivity (Wildman–Crippen MR) is 150 cm³/mol. The number of amides is 4. The second kappa shape index (κ2) is 12.8. The Morgan fingerprint density at radius 3 is 2.65 bits per heavy atom. The number of aryl methyl sites for hydroxylation is 3. The lowest BCUT2D eigenvalue weighted by Gasteiger charge is -2.27. The summed E-state index contributed by atoms with van der Waals surface area (Å²) in [5, 5.41) is 10.2. The minimum absolute atomic E-state index is 0.137. The molecule has 0 aliphatic carbocycles. The van der Waals surface area contributed by atoms with Crippen molar-refractivity contribution in [2.24, 2.45) is 11.7 Å². The number of nitrogens with two attached hydrogens (primary N) is 1. The van der Waals surface area contributed by atoms with Crippen LogP contribution in [0.1, 0.15) is 52.7 Å². The molecule has 1 aliphatic rings. The average Bonchev–Trinajstić information content (AvgIpc) is 3.50. The van der Waals surface area contributed by atoms with Crippen LogP contribution in [0.15, 0.2) is 18.2 Å². The number of benzene rings is 1. The molecular weight excluding hydrogens is 516 g/mol. The van der Waals surface area contributed by atoms with Gasteiger partial charge >= 0.3 is 6.03 Å². The third-order valence-electron chi connectivity index (χ3n) is 7.03. The zero-order valence-corrected chi connectivity index (χ0v) is 23.5. The Morgan fingerprint density at radius 2 is 1.98 bits per heavy atom. The van der Waals surface area contributed by atoms with Gasteiger partial charge in [-0.1, -0.05) is 0 Å². The molecule has 13 heteroatoms. The molecule has 1 aliphatic heterocycles. The second-order valence-electron chi connectivity index (χ2n) is 9.96. The smallest absolute Gasteiger partial charge is 0.317 e. The Bertz CT molecular complexity index is 1370. The summed E-state index contributed by atoms with van der Waals surface area (Å²) in [5.74, 6) is 0.142. The summed E-state index contributed by atoms with van der Waals surface area (Å²) in [6.07, 6.45) is 2.47. The van der Waals surface area contributed by atoms with Gasteiger partial charge < -0.3 is 30.0 Å². The van der Waals surface area contributed by atoms with Crippen molar-refractivity contribution in [3.8, 4) is 5.75 Å². The molecule has 1 fully saturated rings. The van der Waals surface area contributed by atoms with Crippen molar-refractivity contribution in [1.82, 2.24) is 29.5 Å². The minimum atomic E-state index is -0.616. The number of urea groups is 1. The fourth-order valence-electron chi connectivity index (χ4n) is 4.94. The number of fused-ring (bicyclic) bond motifs is 1. The standard InChI is InChI=1S/C27H38N8O5/c1-5-35-21(13-17(2)32-35)25(37)31-26-30-20-14-19(24(28)36)15-22(39-4)23(20)34(26)10-6-9-29-27(38)33(3)16-18-7-11-40-12-8-18/h13-15,18H,5-12,16H2,1-4H3,(H2,28,36)(H,29,38)(H,30,31,37). The largest absolute Gasteiger partial charge is 0.494 e. The van der Waals surface area contributed by atoms with Crippen LogP contribution in [-0.4, -0.2) is 82.5 Å². The van der Waals surface area contributed by atoms with Crippen LogP contribution in [0.4, 0.5) is 10.7 Å². The first-order chi connectivity index (χ1) is 19.2. The zero-order valence-electron chi connectivity index (χ0n) is 23.5. The van der Waals surface area contributed by atoms with Gasteiger partial charge in [0, 0.05) is 52.0 Å². The quantitative estimate of drug-likeness (QED) is 0.307. The van der Waals surface area contributed by atoms with Gasteiger partial charge in [-0.3, -0.25) is 19.6 Å². The van der Waals surface area contributed by atoms with Crippen molar-refractivity contribution in [3.05, 3.63) is 35.2 Å². The summed E-state index contributed by atoms with van der Waals surface area (Å²) >= 11 is 0. The molecule has 40 heavy (non-hydrogen) atoms. The lowest BCUT2D eigenvalue weighted by molar-refractivity contribution is 0.0586. The molecule has 0 saturated carbocycles. The van der Waals surface area contributed by atoms with Gasteiger partial charge in [0.05, 0.1) is 18.3 Å². The number of rotatable bonds is 11. The number of hydrogen-bond acceptors (Lipinski definition) is 7. The topological polar surface area (TPSA) is 159 Å². The van der Waals surface area contributed by atoms with E-state index in [9.17, 15) is 14.4 Å². The van der Waals surface area contributed by atoms with Crippen LogP contribution in [0.5, 0.6) is 5.75 Å². The number of carbonyl (C=O) groups is 3. The van der Waals surface area contributed by atoms with Gasteiger partial charge in [0.1, 0.15) is 17.0 Å². The van der Waals surface area contributed by atoms with Crippen LogP contribution in [0.3, 0.4) is 0 Å². The number of carbonyl (C=O) groups excluding carboxylic acids is 3. The van der Waals surface area contributed by atoms with Gasteiger partial charge in [-0.2, -0.15) is 5.10 Å². The van der Waals surface area contributed by atoms with E-state index in [1.54, 1.807) is 34.8 Å². The number of nitrogens with one attached hydrogen (secondary N) is 2. The van der Waals surface area contributed by atoms with Crippen LogP contribution in [0, 0.1) is 12.8 Å². The number of aromatic nitrogens is 4. The number of imidazole rings is 1. The molecule has 1 saturated heterocycles. The molecule has 4 amide bonds. The highest BCUT2D eigenvalue weighted by Gasteiger charge is 2.22. The monoisotopic (exact) mass is 554 g/mol. The lowest BCUT2D eigenvalue weighted by atomic mass is 10.0. The first-order valence-electron chi connectivity index (χ1n) is 13.5. The fourth-order valence-corrected chi connectivity index (χ4v) is 4.94. The molecule has 2 aromatic heterocycles. The van der Waals surface area contributed by atoms with E-state index in [0.717, 1.165) is 31.7 Å². The molecule has 0 atom stereocenters. The lowest BCUT2D eigenvalue weighted by Crippen LogP contribution is -2.41. The van der Waals surface area contributed by atoms with Gasteiger partial charge in [-0.15, -0.1) is 0 Å². The number of anilines is 1. The van der Waals surface area contributed by atoms with Crippen molar-refractivity contribution in [2.75, 3.05) is 45.8 Å². The van der Waals surface area contributed by atoms with Gasteiger partial charge in [-0.05, 0) is 57.2 Å². The van der Waals surface area contributed by atoms with Crippen molar-refractivity contribution < 1.29 is 23.9 Å². The third-order valence-corrected chi connectivity index (χ3v) is 7.03. The Balaban J connectivity index is 1.52. The Kier molecular flexibility index (Phi) is 9.25. The van der Waals surface area contributed by atoms with Crippen LogP contribution >= 0.6 is 0 Å². The molecule has 1 aromatic carbocycles. The van der Waals surface area contributed by atoms with Gasteiger partial charge in [0.25, 0.3) is 5.91 Å². The predicted octanol–water partition coefficient (Wildman–Crippen LogP) is 2.38. The van der Waals surface area contributed by atoms with Crippen molar-refractivity contribution in [2.45, 2.75) is 46.2 Å². The molecule has 4 N–H and O–H groups in total. The maximum atomic E-state index is 13.2. The maximum Gasteiger partial charge on any atom is 0.317 e. The number of methoxy groups -OCH3 is 1. The normalized spacial score (nSPS) is 13.8. The van der Waals surface area contributed by atoms with E-state index in [0.29, 0.717) is 61.0 Å². The molecule has 0 radical (unpaired) electrons. The number of ether oxygens (including phenoxy) is 2. The van der Waals surface area contributed by atoms with Crippen molar-refractivity contribution in [3.63, 3.8) is 0 Å². The van der Waals surface area contributed by atoms with Crippen LogP contribution in [0.2, 0.25) is 0 Å². The number of hydrogen-bond donors (Lipinski definition) is 3. The van der Waals surface area contributed by atoms with Crippen LogP contribution in [0.25, 0.3) is 11.0 Å². The zero-order chi connectivity index (χ0) is 28.8. The summed E-state index contributed by atoms with van der Waals surface area (Å²) in [5.41, 5.74) is 7.94. The van der Waals surface area contributed by atoms with E-state index in [-0.39, 0.29) is 23.5 Å². The first kappa shape index (κ1) is 28.9. The van der Waals surface area contributed by atoms with Gasteiger partial charge in [-0.25, -0.2) is 9.78 Å². The summed E-state index contributed by atoms with van der Waals surface area (Å²) in [6.45, 7) is 7.25.